The van der Waals surface area contributed by atoms with Gasteiger partial charge in [-0.1, -0.05) is 18.2 Å². The first-order valence-corrected chi connectivity index (χ1v) is 9.92. The van der Waals surface area contributed by atoms with E-state index in [2.05, 4.69) is 36.9 Å². The Morgan fingerprint density at radius 1 is 1.20 bits per heavy atom. The first-order valence-electron chi connectivity index (χ1n) is 9.92. The van der Waals surface area contributed by atoms with Crippen molar-refractivity contribution in [3.63, 3.8) is 0 Å². The van der Waals surface area contributed by atoms with Crippen LogP contribution in [0.1, 0.15) is 62.1 Å². The average molecular weight is 344 g/mol. The molecule has 0 spiro atoms. The summed E-state index contributed by atoms with van der Waals surface area (Å²) in [5, 5.41) is 9.88. The molecule has 1 aliphatic heterocycles. The fourth-order valence-electron chi connectivity index (χ4n) is 4.60. The maximum atomic E-state index is 12.6. The Morgan fingerprint density at radius 3 is 2.44 bits per heavy atom. The minimum atomic E-state index is -0.611. The van der Waals surface area contributed by atoms with Gasteiger partial charge in [0, 0.05) is 19.0 Å². The van der Waals surface area contributed by atoms with E-state index in [1.807, 2.05) is 6.92 Å². The highest BCUT2D eigenvalue weighted by Gasteiger charge is 2.43. The van der Waals surface area contributed by atoms with Gasteiger partial charge in [-0.2, -0.15) is 0 Å². The third-order valence-electron chi connectivity index (χ3n) is 6.34. The summed E-state index contributed by atoms with van der Waals surface area (Å²) in [6.07, 6.45) is 7.07. The van der Waals surface area contributed by atoms with Gasteiger partial charge in [-0.05, 0) is 88.3 Å². The lowest BCUT2D eigenvalue weighted by molar-refractivity contribution is -0.150. The minimum absolute atomic E-state index is 0.0557. The number of benzene rings is 1. The number of hydrogen-bond donors (Lipinski definition) is 1. The van der Waals surface area contributed by atoms with Crippen LogP contribution in [0.15, 0.2) is 18.2 Å². The maximum Gasteiger partial charge on any atom is 0.225 e. The van der Waals surface area contributed by atoms with Crippen molar-refractivity contribution >= 4 is 5.91 Å². The zero-order valence-corrected chi connectivity index (χ0v) is 16.1. The number of nitrogens with zero attached hydrogens (tertiary/aromatic N) is 1. The molecular weight excluding hydrogens is 310 g/mol. The second kappa shape index (κ2) is 7.49. The summed E-state index contributed by atoms with van der Waals surface area (Å²) in [4.78, 5) is 14.7. The molecule has 0 atom stereocenters. The van der Waals surface area contributed by atoms with Crippen LogP contribution in [0.25, 0.3) is 0 Å². The zero-order chi connectivity index (χ0) is 18.0. The molecule has 138 valence electrons. The summed E-state index contributed by atoms with van der Waals surface area (Å²) in [7, 11) is 0. The molecule has 1 saturated carbocycles. The number of carbonyl (C=O) groups is 1. The molecule has 1 aliphatic carbocycles. The molecule has 0 unspecified atom stereocenters. The first-order chi connectivity index (χ1) is 11.9. The van der Waals surface area contributed by atoms with E-state index in [4.69, 9.17) is 0 Å². The van der Waals surface area contributed by atoms with Crippen LogP contribution in [-0.4, -0.2) is 34.6 Å². The highest BCUT2D eigenvalue weighted by molar-refractivity contribution is 5.80. The van der Waals surface area contributed by atoms with Gasteiger partial charge in [0.05, 0.1) is 5.60 Å². The van der Waals surface area contributed by atoms with Crippen molar-refractivity contribution in [3.05, 3.63) is 34.9 Å². The van der Waals surface area contributed by atoms with Crippen molar-refractivity contribution in [1.82, 2.24) is 4.90 Å². The first kappa shape index (κ1) is 18.4. The summed E-state index contributed by atoms with van der Waals surface area (Å²) in [5.41, 5.74) is 3.71. The van der Waals surface area contributed by atoms with Crippen molar-refractivity contribution in [2.45, 2.75) is 71.3 Å². The van der Waals surface area contributed by atoms with Crippen LogP contribution in [0.5, 0.6) is 0 Å². The molecule has 2 aliphatic rings. The van der Waals surface area contributed by atoms with Crippen molar-refractivity contribution in [1.29, 1.82) is 0 Å². The second-order valence-electron chi connectivity index (χ2n) is 8.64. The quantitative estimate of drug-likeness (QED) is 0.900. The monoisotopic (exact) mass is 343 g/mol. The summed E-state index contributed by atoms with van der Waals surface area (Å²) in [6.45, 7) is 8.05. The van der Waals surface area contributed by atoms with Gasteiger partial charge >= 0.3 is 0 Å². The number of aryl methyl sites for hydroxylation is 1. The van der Waals surface area contributed by atoms with Crippen LogP contribution in [0.3, 0.4) is 0 Å². The van der Waals surface area contributed by atoms with Gasteiger partial charge < -0.3 is 10.0 Å². The number of rotatable bonds is 3. The number of hydrogen-bond acceptors (Lipinski definition) is 2. The molecule has 1 amide bonds. The van der Waals surface area contributed by atoms with Gasteiger partial charge in [-0.25, -0.2) is 0 Å². The van der Waals surface area contributed by atoms with Crippen molar-refractivity contribution in [3.8, 4) is 0 Å². The Kier molecular flexibility index (Phi) is 5.52. The molecule has 2 fully saturated rings. The Balaban J connectivity index is 1.51. The van der Waals surface area contributed by atoms with Crippen LogP contribution < -0.4 is 0 Å². The van der Waals surface area contributed by atoms with Crippen LogP contribution >= 0.6 is 0 Å². The van der Waals surface area contributed by atoms with Gasteiger partial charge in [-0.3, -0.25) is 4.79 Å². The lowest BCUT2D eigenvalue weighted by atomic mass is 9.71. The SMILES string of the molecule is Cc1cccc(CC2CCCN(C(=O)[C@H]3C[C@@](C)(O)C3)CCC2)c1C. The van der Waals surface area contributed by atoms with E-state index in [9.17, 15) is 9.90 Å². The predicted octanol–water partition coefficient (Wildman–Crippen LogP) is 4.03. The molecule has 1 heterocycles. The van der Waals surface area contributed by atoms with Crippen LogP contribution in [0.4, 0.5) is 0 Å². The van der Waals surface area contributed by atoms with Gasteiger partial charge in [0.15, 0.2) is 0 Å². The Bertz CT molecular complexity index is 604. The van der Waals surface area contributed by atoms with Crippen LogP contribution in [0, 0.1) is 25.7 Å². The number of carbonyl (C=O) groups excluding carboxylic acids is 1. The Morgan fingerprint density at radius 2 is 1.84 bits per heavy atom. The minimum Gasteiger partial charge on any atom is -0.390 e. The third-order valence-corrected chi connectivity index (χ3v) is 6.34. The van der Waals surface area contributed by atoms with E-state index in [1.54, 1.807) is 0 Å². The highest BCUT2D eigenvalue weighted by atomic mass is 16.3. The Hall–Kier alpha value is -1.35. The smallest absolute Gasteiger partial charge is 0.225 e. The van der Waals surface area contributed by atoms with Gasteiger partial charge in [0.25, 0.3) is 0 Å². The normalized spacial score (nSPS) is 28.2. The van der Waals surface area contributed by atoms with E-state index in [-0.39, 0.29) is 11.8 Å². The van der Waals surface area contributed by atoms with Gasteiger partial charge in [0.2, 0.25) is 5.91 Å². The highest BCUT2D eigenvalue weighted by Crippen LogP contribution is 2.38. The summed E-state index contributed by atoms with van der Waals surface area (Å²) in [5.74, 6) is 1.07. The predicted molar refractivity (Wildman–Crippen MR) is 102 cm³/mol. The van der Waals surface area contributed by atoms with Crippen LogP contribution in [0.2, 0.25) is 0 Å². The molecule has 3 nitrogen and oxygen atoms in total. The molecule has 3 heteroatoms. The lowest BCUT2D eigenvalue weighted by Gasteiger charge is -2.42. The van der Waals surface area contributed by atoms with E-state index < -0.39 is 5.60 Å². The largest absolute Gasteiger partial charge is 0.390 e. The molecule has 0 bridgehead atoms. The van der Waals surface area contributed by atoms with Gasteiger partial charge in [0.1, 0.15) is 0 Å². The zero-order valence-electron chi connectivity index (χ0n) is 16.1. The third kappa shape index (κ3) is 4.44. The number of amides is 1. The van der Waals surface area contributed by atoms with Crippen molar-refractivity contribution in [2.24, 2.45) is 11.8 Å². The molecule has 1 aromatic carbocycles. The molecule has 1 aromatic rings. The maximum absolute atomic E-state index is 12.6. The topological polar surface area (TPSA) is 40.5 Å². The molecule has 0 aromatic heterocycles. The summed E-state index contributed by atoms with van der Waals surface area (Å²) < 4.78 is 0. The summed E-state index contributed by atoms with van der Waals surface area (Å²) in [6, 6.07) is 6.65. The average Bonchev–Trinajstić information content (AvgIpc) is 2.51. The molecular formula is C22H33NO2. The van der Waals surface area contributed by atoms with Crippen LogP contribution in [-0.2, 0) is 11.2 Å². The lowest BCUT2D eigenvalue weighted by Crippen LogP contribution is -2.50. The van der Waals surface area contributed by atoms with E-state index in [0.717, 1.165) is 31.8 Å². The fraction of sp³-hybridized carbons (Fsp3) is 0.682. The van der Waals surface area contributed by atoms with Crippen molar-refractivity contribution < 1.29 is 9.90 Å². The molecule has 1 saturated heterocycles. The van der Waals surface area contributed by atoms with E-state index >= 15 is 0 Å². The van der Waals surface area contributed by atoms with E-state index in [0.29, 0.717) is 12.8 Å². The molecule has 3 rings (SSSR count). The van der Waals surface area contributed by atoms with E-state index in [1.165, 1.54) is 36.0 Å². The molecule has 25 heavy (non-hydrogen) atoms. The number of likely N-dealkylation sites (tertiary alicyclic amines) is 1. The standard InChI is InChI=1S/C22H33NO2/c1-16-7-4-10-19(17(16)2)13-18-8-5-11-23(12-6-9-18)21(24)20-14-22(3,25)15-20/h4,7,10,18,20,25H,5-6,8-9,11-15H2,1-3H3/t20-,22+. The fourth-order valence-corrected chi connectivity index (χ4v) is 4.60. The van der Waals surface area contributed by atoms with Gasteiger partial charge in [-0.15, -0.1) is 0 Å². The van der Waals surface area contributed by atoms with Crippen molar-refractivity contribution in [2.75, 3.05) is 13.1 Å². The second-order valence-corrected chi connectivity index (χ2v) is 8.64. The Labute approximate surface area is 152 Å². The summed E-state index contributed by atoms with van der Waals surface area (Å²) >= 11 is 0. The number of aliphatic hydroxyl groups is 1. The molecule has 1 N–H and O–H groups in total. The molecule has 0 radical (unpaired) electrons.